The van der Waals surface area contributed by atoms with Gasteiger partial charge < -0.3 is 16.0 Å². The Kier molecular flexibility index (Phi) is 6.74. The fourth-order valence-electron chi connectivity index (χ4n) is 3.25. The lowest BCUT2D eigenvalue weighted by atomic mass is 10.2. The van der Waals surface area contributed by atoms with E-state index in [1.54, 1.807) is 36.4 Å². The minimum absolute atomic E-state index is 0.00396. The molecule has 4 aromatic rings. The molecule has 3 N–H and O–H groups in total. The standard InChI is InChI=1S/C23H21F3N6O2S/c1-14-3-9-17(10-4-14)35(34)32-12-11-18-19(28-13-23(24,25)26)30-22(31-20(18)32)29-16-7-5-15(6-8-16)21(33)27-2/h3-12H,13H2,1-2H3,(H,27,33)(H2,28,29,30,31). The van der Waals surface area contributed by atoms with Crippen LogP contribution < -0.4 is 16.0 Å². The van der Waals surface area contributed by atoms with Crippen LogP contribution in [0.5, 0.6) is 0 Å². The van der Waals surface area contributed by atoms with Crippen molar-refractivity contribution in [2.45, 2.75) is 18.0 Å². The molecule has 8 nitrogen and oxygen atoms in total. The summed E-state index contributed by atoms with van der Waals surface area (Å²) in [5, 5.41) is 8.04. The first-order chi connectivity index (χ1) is 16.6. The number of benzene rings is 2. The Morgan fingerprint density at radius 3 is 2.34 bits per heavy atom. The summed E-state index contributed by atoms with van der Waals surface area (Å²) in [6, 6.07) is 15.0. The second-order valence-electron chi connectivity index (χ2n) is 7.59. The Hall–Kier alpha value is -3.93. The highest BCUT2D eigenvalue weighted by Gasteiger charge is 2.28. The maximum absolute atomic E-state index is 13.2. The minimum Gasteiger partial charge on any atom is -0.360 e. The average molecular weight is 503 g/mol. The molecule has 0 saturated carbocycles. The maximum Gasteiger partial charge on any atom is 0.405 e. The van der Waals surface area contributed by atoms with Gasteiger partial charge in [0.05, 0.1) is 10.3 Å². The number of alkyl halides is 3. The molecule has 4 rings (SSSR count). The van der Waals surface area contributed by atoms with Gasteiger partial charge in [0, 0.05) is 24.5 Å². The molecule has 2 aromatic carbocycles. The zero-order chi connectivity index (χ0) is 25.2. The molecule has 0 aliphatic carbocycles. The third-order valence-electron chi connectivity index (χ3n) is 5.00. The normalized spacial score (nSPS) is 12.4. The molecule has 0 saturated heterocycles. The molecule has 1 amide bonds. The van der Waals surface area contributed by atoms with Crippen molar-refractivity contribution in [3.63, 3.8) is 0 Å². The van der Waals surface area contributed by atoms with E-state index in [1.165, 1.54) is 23.3 Å². The van der Waals surface area contributed by atoms with Crippen molar-refractivity contribution >= 4 is 45.4 Å². The minimum atomic E-state index is -4.46. The second kappa shape index (κ2) is 9.74. The molecule has 0 radical (unpaired) electrons. The SMILES string of the molecule is CNC(=O)c1ccc(Nc2nc(NCC(F)(F)F)c3ccn(S(=O)c4ccc(C)cc4)c3n2)cc1. The summed E-state index contributed by atoms with van der Waals surface area (Å²) >= 11 is 0. The van der Waals surface area contributed by atoms with Crippen molar-refractivity contribution in [3.05, 3.63) is 71.9 Å². The van der Waals surface area contributed by atoms with Crippen LogP contribution in [0.3, 0.4) is 0 Å². The van der Waals surface area contributed by atoms with Crippen LogP contribution in [0.1, 0.15) is 15.9 Å². The quantitative estimate of drug-likeness (QED) is 0.347. The molecule has 2 heterocycles. The van der Waals surface area contributed by atoms with E-state index >= 15 is 0 Å². The number of aromatic nitrogens is 3. The number of carbonyl (C=O) groups excluding carboxylic acids is 1. The third kappa shape index (κ3) is 5.60. The van der Waals surface area contributed by atoms with E-state index < -0.39 is 23.7 Å². The molecule has 182 valence electrons. The third-order valence-corrected chi connectivity index (χ3v) is 6.33. The maximum atomic E-state index is 13.2. The Morgan fingerprint density at radius 1 is 1.03 bits per heavy atom. The van der Waals surface area contributed by atoms with Gasteiger partial charge >= 0.3 is 6.18 Å². The lowest BCUT2D eigenvalue weighted by Gasteiger charge is -2.13. The van der Waals surface area contributed by atoms with E-state index in [9.17, 15) is 22.2 Å². The van der Waals surface area contributed by atoms with E-state index in [-0.39, 0.29) is 28.7 Å². The molecule has 0 fully saturated rings. The van der Waals surface area contributed by atoms with Gasteiger partial charge in [-0.15, -0.1) is 0 Å². The fraction of sp³-hybridized carbons (Fsp3) is 0.174. The number of amides is 1. The van der Waals surface area contributed by atoms with E-state index in [0.29, 0.717) is 16.1 Å². The predicted molar refractivity (Wildman–Crippen MR) is 128 cm³/mol. The molecule has 0 spiro atoms. The summed E-state index contributed by atoms with van der Waals surface area (Å²) < 4.78 is 53.3. The first-order valence-corrected chi connectivity index (χ1v) is 11.5. The average Bonchev–Trinajstić information content (AvgIpc) is 3.26. The van der Waals surface area contributed by atoms with E-state index in [0.717, 1.165) is 5.56 Å². The fourth-order valence-corrected chi connectivity index (χ4v) is 4.31. The highest BCUT2D eigenvalue weighted by Crippen LogP contribution is 2.28. The van der Waals surface area contributed by atoms with Crippen LogP contribution in [-0.2, 0) is 11.0 Å². The van der Waals surface area contributed by atoms with Crippen LogP contribution in [0.4, 0.5) is 30.6 Å². The lowest BCUT2D eigenvalue weighted by molar-refractivity contribution is -0.115. The van der Waals surface area contributed by atoms with Crippen molar-refractivity contribution in [2.75, 3.05) is 24.2 Å². The van der Waals surface area contributed by atoms with Gasteiger partial charge in [-0.05, 0) is 49.4 Å². The Morgan fingerprint density at radius 2 is 1.71 bits per heavy atom. The number of fused-ring (bicyclic) bond motifs is 1. The van der Waals surface area contributed by atoms with Gasteiger partial charge in [0.15, 0.2) is 16.6 Å². The zero-order valence-electron chi connectivity index (χ0n) is 18.7. The number of anilines is 3. The Balaban J connectivity index is 1.73. The van der Waals surface area contributed by atoms with Crippen LogP contribution in [-0.4, -0.2) is 43.8 Å². The number of hydrogen-bond acceptors (Lipinski definition) is 6. The number of nitrogens with one attached hydrogen (secondary N) is 3. The molecular formula is C23H21F3N6O2S. The number of carbonyl (C=O) groups is 1. The summed E-state index contributed by atoms with van der Waals surface area (Å²) in [5.74, 6) is -0.323. The largest absolute Gasteiger partial charge is 0.405 e. The van der Waals surface area contributed by atoms with Crippen molar-refractivity contribution in [2.24, 2.45) is 0 Å². The molecule has 0 aliphatic rings. The van der Waals surface area contributed by atoms with Gasteiger partial charge in [-0.3, -0.25) is 4.79 Å². The number of aryl methyl sites for hydroxylation is 1. The van der Waals surface area contributed by atoms with Gasteiger partial charge in [0.2, 0.25) is 5.95 Å². The Labute approximate surface area is 201 Å². The van der Waals surface area contributed by atoms with Gasteiger partial charge in [0.25, 0.3) is 5.91 Å². The number of nitrogens with zero attached hydrogens (tertiary/aromatic N) is 3. The first-order valence-electron chi connectivity index (χ1n) is 10.4. The molecule has 0 bridgehead atoms. The lowest BCUT2D eigenvalue weighted by Crippen LogP contribution is -2.22. The van der Waals surface area contributed by atoms with Crippen LogP contribution in [0.2, 0.25) is 0 Å². The summed E-state index contributed by atoms with van der Waals surface area (Å²) in [4.78, 5) is 20.9. The summed E-state index contributed by atoms with van der Waals surface area (Å²) in [7, 11) is -0.171. The van der Waals surface area contributed by atoms with Crippen molar-refractivity contribution in [3.8, 4) is 0 Å². The van der Waals surface area contributed by atoms with Crippen LogP contribution in [0, 0.1) is 6.92 Å². The number of rotatable bonds is 7. The van der Waals surface area contributed by atoms with E-state index in [4.69, 9.17) is 0 Å². The molecule has 12 heteroatoms. The van der Waals surface area contributed by atoms with Crippen LogP contribution in [0.15, 0.2) is 65.7 Å². The second-order valence-corrected chi connectivity index (χ2v) is 8.95. The predicted octanol–water partition coefficient (Wildman–Crippen LogP) is 4.39. The molecular weight excluding hydrogens is 481 g/mol. The molecule has 1 unspecified atom stereocenters. The van der Waals surface area contributed by atoms with Gasteiger partial charge in [0.1, 0.15) is 12.4 Å². The topological polar surface area (TPSA) is 101 Å². The highest BCUT2D eigenvalue weighted by molar-refractivity contribution is 7.83. The smallest absolute Gasteiger partial charge is 0.360 e. The highest BCUT2D eigenvalue weighted by atomic mass is 32.2. The van der Waals surface area contributed by atoms with Gasteiger partial charge in [-0.25, -0.2) is 8.18 Å². The summed E-state index contributed by atoms with van der Waals surface area (Å²) in [6.07, 6.45) is -2.97. The Bertz CT molecular complexity index is 1390. The van der Waals surface area contributed by atoms with Gasteiger partial charge in [-0.2, -0.15) is 23.1 Å². The molecule has 0 aliphatic heterocycles. The summed E-state index contributed by atoms with van der Waals surface area (Å²) in [6.45, 7) is 0.605. The van der Waals surface area contributed by atoms with Crippen molar-refractivity contribution < 1.29 is 22.2 Å². The van der Waals surface area contributed by atoms with E-state index in [2.05, 4.69) is 25.9 Å². The number of hydrogen-bond donors (Lipinski definition) is 3. The zero-order valence-corrected chi connectivity index (χ0v) is 19.5. The molecule has 2 aromatic heterocycles. The van der Waals surface area contributed by atoms with Crippen molar-refractivity contribution in [1.29, 1.82) is 0 Å². The van der Waals surface area contributed by atoms with E-state index in [1.807, 2.05) is 19.1 Å². The van der Waals surface area contributed by atoms with Gasteiger partial charge in [-0.1, -0.05) is 17.7 Å². The number of halogens is 3. The molecule has 35 heavy (non-hydrogen) atoms. The summed E-state index contributed by atoms with van der Waals surface area (Å²) in [5.41, 5.74) is 2.13. The monoisotopic (exact) mass is 502 g/mol. The first kappa shape index (κ1) is 24.2. The van der Waals surface area contributed by atoms with Crippen molar-refractivity contribution in [1.82, 2.24) is 19.3 Å². The van der Waals surface area contributed by atoms with Crippen LogP contribution in [0.25, 0.3) is 11.0 Å². The molecule has 1 atom stereocenters. The van der Waals surface area contributed by atoms with Crippen LogP contribution >= 0.6 is 0 Å².